The minimum absolute atomic E-state index is 0.00316. The molecule has 1 heterocycles. The van der Waals surface area contributed by atoms with Gasteiger partial charge in [-0.1, -0.05) is 11.6 Å². The van der Waals surface area contributed by atoms with Gasteiger partial charge in [0.05, 0.1) is 18.8 Å². The Kier molecular flexibility index (Phi) is 8.76. The Morgan fingerprint density at radius 2 is 1.78 bits per heavy atom. The Balaban J connectivity index is 1.55. The summed E-state index contributed by atoms with van der Waals surface area (Å²) < 4.78 is 11.4. The van der Waals surface area contributed by atoms with Crippen LogP contribution in [-0.4, -0.2) is 49.5 Å². The largest absolute Gasteiger partial charge is 0.494 e. The molecule has 0 aromatic heterocycles. The third-order valence-corrected chi connectivity index (χ3v) is 5.53. The second kappa shape index (κ2) is 11.7. The van der Waals surface area contributed by atoms with Gasteiger partial charge in [0.2, 0.25) is 11.8 Å². The Hall–Kier alpha value is -2.77. The van der Waals surface area contributed by atoms with E-state index >= 15 is 0 Å². The predicted molar refractivity (Wildman–Crippen MR) is 126 cm³/mol. The average molecular weight is 460 g/mol. The van der Waals surface area contributed by atoms with Gasteiger partial charge in [0.1, 0.15) is 11.5 Å². The lowest BCUT2D eigenvalue weighted by Crippen LogP contribution is -2.41. The SMILES string of the molecule is CCOc1ccc(Oc2ccc(Cl)cc2NC(=O)CN2CCC(CNC(C)=O)CC2)cc1. The third-order valence-electron chi connectivity index (χ3n) is 5.29. The molecule has 0 unspecified atom stereocenters. The average Bonchev–Trinajstić information content (AvgIpc) is 2.76. The van der Waals surface area contributed by atoms with Gasteiger partial charge in [0.15, 0.2) is 5.75 Å². The molecule has 2 aromatic rings. The quantitative estimate of drug-likeness (QED) is 0.583. The molecule has 172 valence electrons. The summed E-state index contributed by atoms with van der Waals surface area (Å²) in [5.74, 6) is 2.25. The molecule has 1 aliphatic heterocycles. The fourth-order valence-electron chi connectivity index (χ4n) is 3.62. The van der Waals surface area contributed by atoms with Crippen molar-refractivity contribution in [2.75, 3.05) is 38.1 Å². The first-order valence-corrected chi connectivity index (χ1v) is 11.3. The van der Waals surface area contributed by atoms with Crippen LogP contribution in [0.5, 0.6) is 17.2 Å². The van der Waals surface area contributed by atoms with Crippen molar-refractivity contribution in [3.8, 4) is 17.2 Å². The van der Waals surface area contributed by atoms with Crippen LogP contribution in [0.25, 0.3) is 0 Å². The molecule has 0 saturated carbocycles. The van der Waals surface area contributed by atoms with Crippen molar-refractivity contribution >= 4 is 29.1 Å². The van der Waals surface area contributed by atoms with Crippen molar-refractivity contribution in [1.29, 1.82) is 0 Å². The van der Waals surface area contributed by atoms with Crippen LogP contribution in [0.2, 0.25) is 5.02 Å². The lowest BCUT2D eigenvalue weighted by atomic mass is 9.97. The summed E-state index contributed by atoms with van der Waals surface area (Å²) in [4.78, 5) is 25.9. The van der Waals surface area contributed by atoms with E-state index in [0.717, 1.165) is 31.7 Å². The summed E-state index contributed by atoms with van der Waals surface area (Å²) in [6, 6.07) is 12.4. The molecule has 0 radical (unpaired) electrons. The minimum atomic E-state index is -0.121. The molecular formula is C24H30ClN3O4. The smallest absolute Gasteiger partial charge is 0.238 e. The molecule has 1 fully saturated rings. The van der Waals surface area contributed by atoms with E-state index in [1.807, 2.05) is 31.2 Å². The zero-order valence-corrected chi connectivity index (χ0v) is 19.3. The van der Waals surface area contributed by atoms with Crippen LogP contribution in [0.3, 0.4) is 0 Å². The summed E-state index contributed by atoms with van der Waals surface area (Å²) in [6.07, 6.45) is 1.91. The lowest BCUT2D eigenvalue weighted by molar-refractivity contribution is -0.119. The zero-order valence-electron chi connectivity index (χ0n) is 18.5. The molecular weight excluding hydrogens is 430 g/mol. The van der Waals surface area contributed by atoms with Crippen molar-refractivity contribution in [1.82, 2.24) is 10.2 Å². The van der Waals surface area contributed by atoms with E-state index in [1.54, 1.807) is 18.2 Å². The molecule has 32 heavy (non-hydrogen) atoms. The van der Waals surface area contributed by atoms with E-state index in [9.17, 15) is 9.59 Å². The Morgan fingerprint density at radius 3 is 2.44 bits per heavy atom. The zero-order chi connectivity index (χ0) is 22.9. The first-order chi connectivity index (χ1) is 15.4. The molecule has 0 atom stereocenters. The molecule has 2 N–H and O–H groups in total. The Bertz CT molecular complexity index is 912. The number of halogens is 1. The Morgan fingerprint density at radius 1 is 1.09 bits per heavy atom. The van der Waals surface area contributed by atoms with Crippen LogP contribution < -0.4 is 20.1 Å². The van der Waals surface area contributed by atoms with E-state index < -0.39 is 0 Å². The minimum Gasteiger partial charge on any atom is -0.494 e. The van der Waals surface area contributed by atoms with Gasteiger partial charge >= 0.3 is 0 Å². The Labute approximate surface area is 194 Å². The van der Waals surface area contributed by atoms with E-state index in [4.69, 9.17) is 21.1 Å². The van der Waals surface area contributed by atoms with E-state index in [2.05, 4.69) is 15.5 Å². The summed E-state index contributed by atoms with van der Waals surface area (Å²) in [5, 5.41) is 6.32. The summed E-state index contributed by atoms with van der Waals surface area (Å²) in [5.41, 5.74) is 0.525. The fraction of sp³-hybridized carbons (Fsp3) is 0.417. The number of hydrogen-bond acceptors (Lipinski definition) is 5. The molecule has 2 amide bonds. The molecule has 0 bridgehead atoms. The van der Waals surface area contributed by atoms with E-state index in [0.29, 0.717) is 47.8 Å². The van der Waals surface area contributed by atoms with Gasteiger partial charge in [-0.05, 0) is 81.2 Å². The van der Waals surface area contributed by atoms with Crippen LogP contribution in [0.1, 0.15) is 26.7 Å². The molecule has 2 aromatic carbocycles. The second-order valence-corrected chi connectivity index (χ2v) is 8.29. The number of hydrogen-bond donors (Lipinski definition) is 2. The molecule has 1 saturated heterocycles. The fourth-order valence-corrected chi connectivity index (χ4v) is 3.79. The van der Waals surface area contributed by atoms with Gasteiger partial charge in [-0.15, -0.1) is 0 Å². The van der Waals surface area contributed by atoms with Crippen LogP contribution >= 0.6 is 11.6 Å². The number of carbonyl (C=O) groups is 2. The number of nitrogens with zero attached hydrogens (tertiary/aromatic N) is 1. The first kappa shape index (κ1) is 23.9. The number of rotatable bonds is 9. The molecule has 0 aliphatic carbocycles. The van der Waals surface area contributed by atoms with Crippen LogP contribution in [0.15, 0.2) is 42.5 Å². The number of anilines is 1. The van der Waals surface area contributed by atoms with Crippen molar-refractivity contribution in [2.24, 2.45) is 5.92 Å². The molecule has 1 aliphatic rings. The molecule has 7 nitrogen and oxygen atoms in total. The molecule has 0 spiro atoms. The number of benzene rings is 2. The highest BCUT2D eigenvalue weighted by Gasteiger charge is 2.21. The van der Waals surface area contributed by atoms with Gasteiger partial charge in [-0.2, -0.15) is 0 Å². The normalized spacial score (nSPS) is 14.6. The maximum atomic E-state index is 12.7. The van der Waals surface area contributed by atoms with E-state index in [1.165, 1.54) is 6.92 Å². The number of amides is 2. The maximum absolute atomic E-state index is 12.7. The van der Waals surface area contributed by atoms with Crippen molar-refractivity contribution in [2.45, 2.75) is 26.7 Å². The van der Waals surface area contributed by atoms with Crippen molar-refractivity contribution in [3.05, 3.63) is 47.5 Å². The number of piperidine rings is 1. The monoisotopic (exact) mass is 459 g/mol. The number of ether oxygens (including phenoxy) is 2. The summed E-state index contributed by atoms with van der Waals surface area (Å²) >= 11 is 6.15. The number of carbonyl (C=O) groups excluding carboxylic acids is 2. The highest BCUT2D eigenvalue weighted by molar-refractivity contribution is 6.31. The number of likely N-dealkylation sites (tertiary alicyclic amines) is 1. The van der Waals surface area contributed by atoms with Gasteiger partial charge in [-0.3, -0.25) is 14.5 Å². The maximum Gasteiger partial charge on any atom is 0.238 e. The highest BCUT2D eigenvalue weighted by atomic mass is 35.5. The topological polar surface area (TPSA) is 79.9 Å². The molecule has 3 rings (SSSR count). The molecule has 8 heteroatoms. The van der Waals surface area contributed by atoms with Gasteiger partial charge in [0, 0.05) is 18.5 Å². The highest BCUT2D eigenvalue weighted by Crippen LogP contribution is 2.33. The standard InChI is InChI=1S/C24H30ClN3O4/c1-3-31-20-5-7-21(8-6-20)32-23-9-4-19(25)14-22(23)27-24(30)16-28-12-10-18(11-13-28)15-26-17(2)29/h4-9,14,18H,3,10-13,15-16H2,1-2H3,(H,26,29)(H,27,30). The van der Waals surface area contributed by atoms with Crippen LogP contribution in [0.4, 0.5) is 5.69 Å². The lowest BCUT2D eigenvalue weighted by Gasteiger charge is -2.31. The van der Waals surface area contributed by atoms with Crippen LogP contribution in [-0.2, 0) is 9.59 Å². The summed E-state index contributed by atoms with van der Waals surface area (Å²) in [6.45, 7) is 6.70. The predicted octanol–water partition coefficient (Wildman–Crippen LogP) is 4.32. The van der Waals surface area contributed by atoms with Crippen molar-refractivity contribution < 1.29 is 19.1 Å². The first-order valence-electron chi connectivity index (χ1n) is 10.9. The second-order valence-electron chi connectivity index (χ2n) is 7.85. The summed E-state index contributed by atoms with van der Waals surface area (Å²) in [7, 11) is 0. The van der Waals surface area contributed by atoms with Crippen LogP contribution in [0, 0.1) is 5.92 Å². The van der Waals surface area contributed by atoms with Gasteiger partial charge < -0.3 is 20.1 Å². The number of nitrogens with one attached hydrogen (secondary N) is 2. The van der Waals surface area contributed by atoms with Crippen molar-refractivity contribution in [3.63, 3.8) is 0 Å². The van der Waals surface area contributed by atoms with E-state index in [-0.39, 0.29) is 11.8 Å². The van der Waals surface area contributed by atoms with Gasteiger partial charge in [0.25, 0.3) is 0 Å². The van der Waals surface area contributed by atoms with Gasteiger partial charge in [-0.25, -0.2) is 0 Å². The third kappa shape index (κ3) is 7.43.